The minimum absolute atomic E-state index is 0.0972. The van der Waals surface area contributed by atoms with E-state index in [1.807, 2.05) is 7.05 Å². The molecule has 2 saturated heterocycles. The summed E-state index contributed by atoms with van der Waals surface area (Å²) >= 11 is 0. The van der Waals surface area contributed by atoms with E-state index in [0.717, 1.165) is 19.5 Å². The summed E-state index contributed by atoms with van der Waals surface area (Å²) in [5.41, 5.74) is 0. The van der Waals surface area contributed by atoms with Crippen molar-refractivity contribution in [2.75, 3.05) is 26.7 Å². The number of rotatable bonds is 0. The number of hydrogen-bond acceptors (Lipinski definition) is 3. The summed E-state index contributed by atoms with van der Waals surface area (Å²) in [6, 6.07) is 0.250. The van der Waals surface area contributed by atoms with Crippen molar-refractivity contribution in [3.63, 3.8) is 0 Å². The highest BCUT2D eigenvalue weighted by molar-refractivity contribution is 5.78. The van der Waals surface area contributed by atoms with Crippen LogP contribution >= 0.6 is 0 Å². The number of piperidine rings is 1. The van der Waals surface area contributed by atoms with Crippen molar-refractivity contribution in [2.24, 2.45) is 0 Å². The average Bonchev–Trinajstić information content (AvgIpc) is 2.12. The molecule has 0 spiro atoms. The first-order valence-electron chi connectivity index (χ1n) is 4.37. The maximum atomic E-state index is 11.2. The molecular formula is C8H14N2O2. The van der Waals surface area contributed by atoms with Gasteiger partial charge in [0.05, 0.1) is 12.1 Å². The number of ether oxygens (including phenoxy) is 1. The number of amides is 1. The van der Waals surface area contributed by atoms with E-state index in [9.17, 15) is 4.79 Å². The van der Waals surface area contributed by atoms with Crippen LogP contribution in [0.25, 0.3) is 0 Å². The number of nitrogens with one attached hydrogen (secondary N) is 1. The second-order valence-corrected chi connectivity index (χ2v) is 3.41. The molecule has 2 fully saturated rings. The van der Waals surface area contributed by atoms with Crippen LogP contribution in [0.4, 0.5) is 0 Å². The van der Waals surface area contributed by atoms with Gasteiger partial charge in [-0.25, -0.2) is 0 Å². The largest absolute Gasteiger partial charge is 0.366 e. The smallest absolute Gasteiger partial charge is 0.248 e. The summed E-state index contributed by atoms with van der Waals surface area (Å²) in [6.07, 6.45) is 1.27. The lowest BCUT2D eigenvalue weighted by Crippen LogP contribution is -2.59. The number of carbonyl (C=O) groups is 1. The second kappa shape index (κ2) is 3.03. The predicted molar refractivity (Wildman–Crippen MR) is 43.8 cm³/mol. The molecule has 0 bridgehead atoms. The number of likely N-dealkylation sites (N-methyl/N-ethyl adjacent to an activating group) is 1. The molecule has 0 aromatic rings. The van der Waals surface area contributed by atoms with Crippen molar-refractivity contribution in [2.45, 2.75) is 18.6 Å². The molecule has 0 radical (unpaired) electrons. The Bertz CT molecular complexity index is 195. The summed E-state index contributed by atoms with van der Waals surface area (Å²) in [4.78, 5) is 13.0. The van der Waals surface area contributed by atoms with Gasteiger partial charge in [0, 0.05) is 13.6 Å². The number of morpholine rings is 1. The summed E-state index contributed by atoms with van der Waals surface area (Å²) < 4.78 is 5.43. The van der Waals surface area contributed by atoms with E-state index in [-0.39, 0.29) is 24.7 Å². The van der Waals surface area contributed by atoms with E-state index in [2.05, 4.69) is 5.32 Å². The molecule has 1 amide bonds. The molecule has 2 aliphatic rings. The fourth-order valence-corrected chi connectivity index (χ4v) is 1.86. The molecule has 4 heteroatoms. The maximum absolute atomic E-state index is 11.2. The van der Waals surface area contributed by atoms with Gasteiger partial charge in [0.1, 0.15) is 6.61 Å². The standard InChI is InChI=1S/C8H14N2O2/c1-10-6-4-9-3-2-7(6)12-5-8(10)11/h6-7,9H,2-5H2,1H3/t6-,7+/m0/s1. The van der Waals surface area contributed by atoms with Gasteiger partial charge in [-0.2, -0.15) is 0 Å². The van der Waals surface area contributed by atoms with Gasteiger partial charge in [0.15, 0.2) is 0 Å². The third kappa shape index (κ3) is 1.21. The molecule has 0 aromatic heterocycles. The van der Waals surface area contributed by atoms with Gasteiger partial charge in [0.2, 0.25) is 5.91 Å². The monoisotopic (exact) mass is 170 g/mol. The normalized spacial score (nSPS) is 36.4. The predicted octanol–water partition coefficient (Wildman–Crippen LogP) is -0.794. The Kier molecular flexibility index (Phi) is 2.02. The Balaban J connectivity index is 2.08. The first kappa shape index (κ1) is 8.01. The van der Waals surface area contributed by atoms with Crippen molar-refractivity contribution in [1.29, 1.82) is 0 Å². The molecule has 0 unspecified atom stereocenters. The van der Waals surface area contributed by atoms with Crippen LogP contribution < -0.4 is 5.32 Å². The zero-order valence-electron chi connectivity index (χ0n) is 7.25. The summed E-state index contributed by atoms with van der Waals surface area (Å²) in [5, 5.41) is 3.26. The van der Waals surface area contributed by atoms with Crippen LogP contribution in [0.5, 0.6) is 0 Å². The number of hydrogen-bond donors (Lipinski definition) is 1. The van der Waals surface area contributed by atoms with Crippen molar-refractivity contribution in [3.05, 3.63) is 0 Å². The van der Waals surface area contributed by atoms with Crippen molar-refractivity contribution >= 4 is 5.91 Å². The Morgan fingerprint density at radius 3 is 3.33 bits per heavy atom. The third-order valence-corrected chi connectivity index (χ3v) is 2.70. The van der Waals surface area contributed by atoms with E-state index in [0.29, 0.717) is 0 Å². The zero-order chi connectivity index (χ0) is 8.55. The highest BCUT2D eigenvalue weighted by Crippen LogP contribution is 2.17. The Morgan fingerprint density at radius 2 is 2.50 bits per heavy atom. The molecule has 0 aliphatic carbocycles. The first-order chi connectivity index (χ1) is 5.79. The van der Waals surface area contributed by atoms with Gasteiger partial charge in [-0.1, -0.05) is 0 Å². The Hall–Kier alpha value is -0.610. The average molecular weight is 170 g/mol. The Morgan fingerprint density at radius 1 is 1.67 bits per heavy atom. The van der Waals surface area contributed by atoms with Crippen LogP contribution in [0.3, 0.4) is 0 Å². The third-order valence-electron chi connectivity index (χ3n) is 2.70. The second-order valence-electron chi connectivity index (χ2n) is 3.41. The number of fused-ring (bicyclic) bond motifs is 1. The lowest BCUT2D eigenvalue weighted by molar-refractivity contribution is -0.156. The molecule has 0 saturated carbocycles. The van der Waals surface area contributed by atoms with Crippen LogP contribution in [0, 0.1) is 0 Å². The minimum Gasteiger partial charge on any atom is -0.366 e. The first-order valence-corrected chi connectivity index (χ1v) is 4.37. The number of carbonyl (C=O) groups excluding carboxylic acids is 1. The molecular weight excluding hydrogens is 156 g/mol. The van der Waals surface area contributed by atoms with E-state index in [1.54, 1.807) is 4.90 Å². The van der Waals surface area contributed by atoms with E-state index < -0.39 is 0 Å². The maximum Gasteiger partial charge on any atom is 0.248 e. The zero-order valence-corrected chi connectivity index (χ0v) is 7.25. The van der Waals surface area contributed by atoms with Gasteiger partial charge in [-0.05, 0) is 13.0 Å². The van der Waals surface area contributed by atoms with Gasteiger partial charge in [-0.15, -0.1) is 0 Å². The lowest BCUT2D eigenvalue weighted by Gasteiger charge is -2.41. The fraction of sp³-hybridized carbons (Fsp3) is 0.875. The molecule has 12 heavy (non-hydrogen) atoms. The summed E-state index contributed by atoms with van der Waals surface area (Å²) in [5.74, 6) is 0.0972. The lowest BCUT2D eigenvalue weighted by atomic mass is 10.0. The van der Waals surface area contributed by atoms with Crippen LogP contribution in [0.2, 0.25) is 0 Å². The highest BCUT2D eigenvalue weighted by Gasteiger charge is 2.35. The molecule has 2 heterocycles. The van der Waals surface area contributed by atoms with Gasteiger partial charge in [0.25, 0.3) is 0 Å². The molecule has 68 valence electrons. The van der Waals surface area contributed by atoms with E-state index in [4.69, 9.17) is 4.74 Å². The molecule has 2 atom stereocenters. The quantitative estimate of drug-likeness (QED) is 0.518. The van der Waals surface area contributed by atoms with Crippen molar-refractivity contribution in [3.8, 4) is 0 Å². The molecule has 4 nitrogen and oxygen atoms in total. The minimum atomic E-state index is 0.0972. The molecule has 2 aliphatic heterocycles. The SMILES string of the molecule is CN1C(=O)CO[C@@H]2CCNC[C@@H]21. The summed E-state index contributed by atoms with van der Waals surface area (Å²) in [6.45, 7) is 2.13. The number of nitrogens with zero attached hydrogens (tertiary/aromatic N) is 1. The molecule has 2 rings (SSSR count). The van der Waals surface area contributed by atoms with Crippen LogP contribution in [-0.4, -0.2) is 49.7 Å². The summed E-state index contributed by atoms with van der Waals surface area (Å²) in [7, 11) is 1.86. The van der Waals surface area contributed by atoms with Gasteiger partial charge >= 0.3 is 0 Å². The van der Waals surface area contributed by atoms with Crippen molar-refractivity contribution in [1.82, 2.24) is 10.2 Å². The van der Waals surface area contributed by atoms with Crippen LogP contribution in [0.15, 0.2) is 0 Å². The topological polar surface area (TPSA) is 41.6 Å². The van der Waals surface area contributed by atoms with E-state index in [1.165, 1.54) is 0 Å². The van der Waals surface area contributed by atoms with Gasteiger partial charge in [-0.3, -0.25) is 4.79 Å². The molecule has 1 N–H and O–H groups in total. The fourth-order valence-electron chi connectivity index (χ4n) is 1.86. The van der Waals surface area contributed by atoms with Crippen LogP contribution in [-0.2, 0) is 9.53 Å². The van der Waals surface area contributed by atoms with Crippen LogP contribution in [0.1, 0.15) is 6.42 Å². The highest BCUT2D eigenvalue weighted by atomic mass is 16.5. The van der Waals surface area contributed by atoms with Gasteiger partial charge < -0.3 is 15.0 Å². The molecule has 0 aromatic carbocycles. The van der Waals surface area contributed by atoms with E-state index >= 15 is 0 Å². The van der Waals surface area contributed by atoms with Crippen molar-refractivity contribution < 1.29 is 9.53 Å². The Labute approximate surface area is 71.9 Å².